The molecule has 17 heavy (non-hydrogen) atoms. The Hall–Kier alpha value is -1.07. The molecule has 0 aliphatic heterocycles. The van der Waals surface area contributed by atoms with E-state index in [1.165, 1.54) is 0 Å². The van der Waals surface area contributed by atoms with Gasteiger partial charge in [-0.1, -0.05) is 25.2 Å². The molecule has 0 saturated heterocycles. The molecule has 0 aliphatic carbocycles. The molecule has 0 aromatic carbocycles. The van der Waals surface area contributed by atoms with Crippen molar-refractivity contribution in [2.45, 2.75) is 13.8 Å². The Morgan fingerprint density at radius 2 is 2.18 bits per heavy atom. The minimum atomic E-state index is 0.0655. The molecule has 1 N–H and O–H groups in total. The average molecular weight is 256 g/mol. The highest BCUT2D eigenvalue weighted by Gasteiger charge is 2.12. The molecule has 0 bridgehead atoms. The lowest BCUT2D eigenvalue weighted by molar-refractivity contribution is 0.320. The van der Waals surface area contributed by atoms with Crippen LogP contribution in [0.5, 0.6) is 5.88 Å². The van der Waals surface area contributed by atoms with Crippen LogP contribution >= 0.6 is 11.3 Å². The highest BCUT2D eigenvalue weighted by Crippen LogP contribution is 2.33. The first-order chi connectivity index (χ1) is 7.99. The summed E-state index contributed by atoms with van der Waals surface area (Å²) in [5.41, 5.74) is 0.984. The second kappa shape index (κ2) is 6.02. The number of hydrogen-bond acceptors (Lipinski definition) is 5. The van der Waals surface area contributed by atoms with E-state index in [1.54, 1.807) is 18.4 Å². The van der Waals surface area contributed by atoms with E-state index in [1.807, 2.05) is 25.1 Å². The van der Waals surface area contributed by atoms with Gasteiger partial charge in [-0.15, -0.1) is 0 Å². The van der Waals surface area contributed by atoms with Gasteiger partial charge >= 0.3 is 0 Å². The summed E-state index contributed by atoms with van der Waals surface area (Å²) in [7, 11) is 5.50. The van der Waals surface area contributed by atoms with Crippen molar-refractivity contribution in [2.75, 3.05) is 32.7 Å². The van der Waals surface area contributed by atoms with Crippen LogP contribution in [0.15, 0.2) is 5.57 Å². The Bertz CT molecular complexity index is 397. The molecule has 0 aliphatic rings. The average Bonchev–Trinajstić information content (AvgIpc) is 2.68. The van der Waals surface area contributed by atoms with Gasteiger partial charge in [0.15, 0.2) is 5.13 Å². The van der Waals surface area contributed by atoms with Gasteiger partial charge in [0.05, 0.1) is 18.6 Å². The van der Waals surface area contributed by atoms with E-state index in [0.717, 1.165) is 15.6 Å². The molecule has 0 atom stereocenters. The number of nitrogens with zero attached hydrogens (tertiary/aromatic N) is 2. The topological polar surface area (TPSA) is 45.6 Å². The zero-order valence-electron chi connectivity index (χ0n) is 11.0. The number of aromatic nitrogens is 1. The van der Waals surface area contributed by atoms with Crippen LogP contribution in [0.2, 0.25) is 0 Å². The molecule has 0 unspecified atom stereocenters. The van der Waals surface area contributed by atoms with Crippen molar-refractivity contribution in [3.05, 3.63) is 10.5 Å². The normalized spacial score (nSPS) is 12.1. The molecule has 0 saturated carbocycles. The van der Waals surface area contributed by atoms with Gasteiger partial charge in [0, 0.05) is 14.1 Å². The number of anilines is 1. The third kappa shape index (κ3) is 3.44. The van der Waals surface area contributed by atoms with Crippen molar-refractivity contribution in [3.8, 4) is 5.88 Å². The van der Waals surface area contributed by atoms with Crippen molar-refractivity contribution in [1.29, 1.82) is 0 Å². The monoisotopic (exact) mass is 256 g/mol. The second-order valence-electron chi connectivity index (χ2n) is 4.30. The molecule has 1 rings (SSSR count). The van der Waals surface area contributed by atoms with Crippen molar-refractivity contribution in [2.24, 2.45) is 5.92 Å². The number of rotatable bonds is 5. The zero-order chi connectivity index (χ0) is 13.0. The summed E-state index contributed by atoms with van der Waals surface area (Å²) in [5, 5.41) is 10.2. The number of ether oxygens (including phenoxy) is 1. The Kier molecular flexibility index (Phi) is 4.96. The van der Waals surface area contributed by atoms with E-state index in [4.69, 9.17) is 4.74 Å². The smallest absolute Gasteiger partial charge is 0.233 e. The van der Waals surface area contributed by atoms with Crippen molar-refractivity contribution < 1.29 is 9.84 Å². The Morgan fingerprint density at radius 1 is 1.53 bits per heavy atom. The van der Waals surface area contributed by atoms with Crippen molar-refractivity contribution in [1.82, 2.24) is 4.98 Å². The number of hydrogen-bond donors (Lipinski definition) is 1. The first-order valence-corrected chi connectivity index (χ1v) is 6.34. The van der Waals surface area contributed by atoms with E-state index >= 15 is 0 Å². The molecule has 96 valence electrons. The van der Waals surface area contributed by atoms with Gasteiger partial charge in [-0.25, -0.2) is 0 Å². The first-order valence-electron chi connectivity index (χ1n) is 5.53. The maximum absolute atomic E-state index is 9.30. The molecule has 5 heteroatoms. The lowest BCUT2D eigenvalue weighted by Gasteiger charge is -2.07. The predicted molar refractivity (Wildman–Crippen MR) is 72.9 cm³/mol. The molecular weight excluding hydrogens is 236 g/mol. The van der Waals surface area contributed by atoms with Crippen LogP contribution < -0.4 is 9.64 Å². The van der Waals surface area contributed by atoms with E-state index in [0.29, 0.717) is 11.8 Å². The van der Waals surface area contributed by atoms with E-state index in [2.05, 4.69) is 18.8 Å². The van der Waals surface area contributed by atoms with Crippen LogP contribution in [0.3, 0.4) is 0 Å². The fourth-order valence-electron chi connectivity index (χ4n) is 1.30. The fraction of sp³-hybridized carbons (Fsp3) is 0.583. The summed E-state index contributed by atoms with van der Waals surface area (Å²) in [6.45, 7) is 4.18. The summed E-state index contributed by atoms with van der Waals surface area (Å²) in [6.07, 6.45) is 1.97. The maximum atomic E-state index is 9.30. The Morgan fingerprint density at radius 3 is 2.59 bits per heavy atom. The number of aliphatic hydroxyl groups excluding tert-OH is 1. The lowest BCUT2D eigenvalue weighted by Crippen LogP contribution is -2.07. The van der Waals surface area contributed by atoms with Crippen molar-refractivity contribution >= 4 is 22.5 Å². The minimum absolute atomic E-state index is 0.0655. The fourth-order valence-corrected chi connectivity index (χ4v) is 2.23. The SMILES string of the molecule is COc1nc(N(C)C)sc1C=C(CO)C(C)C. The van der Waals surface area contributed by atoms with Crippen LogP contribution in [-0.4, -0.2) is 37.9 Å². The van der Waals surface area contributed by atoms with Crippen LogP contribution in [-0.2, 0) is 0 Å². The molecule has 1 aromatic heterocycles. The van der Waals surface area contributed by atoms with Gasteiger partial charge in [-0.05, 0) is 17.6 Å². The first kappa shape index (κ1) is 14.0. The van der Waals surface area contributed by atoms with Gasteiger partial charge in [0.1, 0.15) is 0 Å². The minimum Gasteiger partial charge on any atom is -0.480 e. The number of methoxy groups -OCH3 is 1. The Balaban J connectivity index is 3.12. The molecule has 1 heterocycles. The standard InChI is InChI=1S/C12H20N2O2S/c1-8(2)9(7-15)6-10-11(16-5)13-12(17-10)14(3)4/h6,8,15H,7H2,1-5H3. The highest BCUT2D eigenvalue weighted by atomic mass is 32.1. The van der Waals surface area contributed by atoms with Gasteiger partial charge in [0.2, 0.25) is 5.88 Å². The van der Waals surface area contributed by atoms with E-state index in [-0.39, 0.29) is 6.61 Å². The third-order valence-electron chi connectivity index (χ3n) is 2.43. The molecular formula is C12H20N2O2S. The Labute approximate surface area is 107 Å². The summed E-state index contributed by atoms with van der Waals surface area (Å²) in [5.74, 6) is 0.930. The molecule has 0 radical (unpaired) electrons. The van der Waals surface area contributed by atoms with Gasteiger partial charge in [-0.3, -0.25) is 0 Å². The molecule has 1 aromatic rings. The summed E-state index contributed by atoms with van der Waals surface area (Å²) < 4.78 is 5.25. The number of thiazole rings is 1. The van der Waals surface area contributed by atoms with Gasteiger partial charge < -0.3 is 14.7 Å². The molecule has 0 fully saturated rings. The molecule has 4 nitrogen and oxygen atoms in total. The van der Waals surface area contributed by atoms with Crippen molar-refractivity contribution in [3.63, 3.8) is 0 Å². The third-order valence-corrected chi connectivity index (χ3v) is 3.58. The molecule has 0 spiro atoms. The quantitative estimate of drug-likeness (QED) is 0.877. The van der Waals surface area contributed by atoms with Crippen LogP contribution in [0.1, 0.15) is 18.7 Å². The highest BCUT2D eigenvalue weighted by molar-refractivity contribution is 7.16. The number of aliphatic hydroxyl groups is 1. The summed E-state index contributed by atoms with van der Waals surface area (Å²) in [4.78, 5) is 7.27. The second-order valence-corrected chi connectivity index (χ2v) is 5.31. The van der Waals surface area contributed by atoms with Crippen LogP contribution in [0.4, 0.5) is 5.13 Å². The zero-order valence-corrected chi connectivity index (χ0v) is 11.8. The van der Waals surface area contributed by atoms with E-state index in [9.17, 15) is 5.11 Å². The largest absolute Gasteiger partial charge is 0.480 e. The van der Waals surface area contributed by atoms with Crippen LogP contribution in [0.25, 0.3) is 6.08 Å². The summed E-state index contributed by atoms with van der Waals surface area (Å²) >= 11 is 1.56. The predicted octanol–water partition coefficient (Wildman–Crippen LogP) is 2.25. The lowest BCUT2D eigenvalue weighted by atomic mass is 10.0. The van der Waals surface area contributed by atoms with Crippen LogP contribution in [0, 0.1) is 5.92 Å². The molecule has 0 amide bonds. The van der Waals surface area contributed by atoms with Gasteiger partial charge in [0.25, 0.3) is 0 Å². The maximum Gasteiger partial charge on any atom is 0.233 e. The van der Waals surface area contributed by atoms with E-state index < -0.39 is 0 Å². The summed E-state index contributed by atoms with van der Waals surface area (Å²) in [6, 6.07) is 0. The van der Waals surface area contributed by atoms with Gasteiger partial charge in [-0.2, -0.15) is 4.98 Å².